The predicted molar refractivity (Wildman–Crippen MR) is 98.3 cm³/mol. The van der Waals surface area contributed by atoms with E-state index in [0.717, 1.165) is 10.2 Å². The molecule has 9 heteroatoms. The molecule has 0 aliphatic heterocycles. The van der Waals surface area contributed by atoms with E-state index in [1.165, 1.54) is 18.3 Å². The molecule has 0 aliphatic carbocycles. The third-order valence-corrected chi connectivity index (χ3v) is 3.96. The number of halogens is 4. The third kappa shape index (κ3) is 4.81. The SMILES string of the molecule is COc1ccc(/C=C/C(=O)Nc2ccn(Cc3c(F)c(F)cc(F)c3F)n2)cc1. The summed E-state index contributed by atoms with van der Waals surface area (Å²) in [6.07, 6.45) is 4.17. The van der Waals surface area contributed by atoms with E-state index in [-0.39, 0.29) is 11.9 Å². The van der Waals surface area contributed by atoms with E-state index < -0.39 is 41.3 Å². The molecule has 1 amide bonds. The van der Waals surface area contributed by atoms with Crippen LogP contribution in [0.2, 0.25) is 0 Å². The molecule has 1 N–H and O–H groups in total. The van der Waals surface area contributed by atoms with Crippen LogP contribution in [0.5, 0.6) is 5.75 Å². The number of ether oxygens (including phenoxy) is 1. The normalized spacial score (nSPS) is 11.1. The number of anilines is 1. The van der Waals surface area contributed by atoms with Gasteiger partial charge in [-0.3, -0.25) is 9.48 Å². The van der Waals surface area contributed by atoms with Gasteiger partial charge < -0.3 is 10.1 Å². The van der Waals surface area contributed by atoms with Crippen LogP contribution in [0, 0.1) is 23.3 Å². The molecule has 1 aromatic heterocycles. The molecule has 0 bridgehead atoms. The molecule has 5 nitrogen and oxygen atoms in total. The van der Waals surface area contributed by atoms with Gasteiger partial charge in [-0.1, -0.05) is 12.1 Å². The Morgan fingerprint density at radius 2 is 1.76 bits per heavy atom. The summed E-state index contributed by atoms with van der Waals surface area (Å²) in [5, 5.41) is 6.40. The van der Waals surface area contributed by atoms with Crippen molar-refractivity contribution in [1.82, 2.24) is 9.78 Å². The number of benzene rings is 2. The molecule has 3 aromatic rings. The van der Waals surface area contributed by atoms with Crippen molar-refractivity contribution in [2.45, 2.75) is 6.54 Å². The Bertz CT molecular complexity index is 1040. The van der Waals surface area contributed by atoms with Gasteiger partial charge in [0.25, 0.3) is 0 Å². The number of nitrogens with zero attached hydrogens (tertiary/aromatic N) is 2. The number of carbonyl (C=O) groups excluding carboxylic acids is 1. The molecule has 0 saturated carbocycles. The maximum absolute atomic E-state index is 13.7. The van der Waals surface area contributed by atoms with Crippen LogP contribution in [-0.2, 0) is 11.3 Å². The van der Waals surface area contributed by atoms with Crippen LogP contribution >= 0.6 is 0 Å². The molecule has 0 fully saturated rings. The van der Waals surface area contributed by atoms with Crippen LogP contribution in [0.25, 0.3) is 6.08 Å². The van der Waals surface area contributed by atoms with Gasteiger partial charge in [-0.25, -0.2) is 17.6 Å². The van der Waals surface area contributed by atoms with Crippen LogP contribution in [0.3, 0.4) is 0 Å². The summed E-state index contributed by atoms with van der Waals surface area (Å²) in [5.74, 6) is -5.68. The van der Waals surface area contributed by atoms with E-state index >= 15 is 0 Å². The maximum atomic E-state index is 13.7. The van der Waals surface area contributed by atoms with E-state index in [2.05, 4.69) is 10.4 Å². The van der Waals surface area contributed by atoms with Gasteiger partial charge in [-0.15, -0.1) is 0 Å². The van der Waals surface area contributed by atoms with Gasteiger partial charge in [0.2, 0.25) is 5.91 Å². The third-order valence-electron chi connectivity index (χ3n) is 3.96. The summed E-state index contributed by atoms with van der Waals surface area (Å²) in [7, 11) is 1.55. The van der Waals surface area contributed by atoms with Gasteiger partial charge >= 0.3 is 0 Å². The zero-order valence-corrected chi connectivity index (χ0v) is 15.1. The molecule has 1 heterocycles. The van der Waals surface area contributed by atoms with Crippen molar-refractivity contribution in [1.29, 1.82) is 0 Å². The monoisotopic (exact) mass is 405 g/mol. The lowest BCUT2D eigenvalue weighted by Gasteiger charge is -2.07. The summed E-state index contributed by atoms with van der Waals surface area (Å²) in [5.41, 5.74) is -0.0339. The number of rotatable bonds is 6. The molecule has 2 aromatic carbocycles. The van der Waals surface area contributed by atoms with Crippen molar-refractivity contribution in [2.75, 3.05) is 12.4 Å². The quantitative estimate of drug-likeness (QED) is 0.381. The van der Waals surface area contributed by atoms with E-state index in [0.29, 0.717) is 5.75 Å². The highest BCUT2D eigenvalue weighted by Crippen LogP contribution is 2.20. The van der Waals surface area contributed by atoms with E-state index in [1.54, 1.807) is 37.5 Å². The predicted octanol–water partition coefficient (Wildman–Crippen LogP) is 4.15. The zero-order valence-electron chi connectivity index (χ0n) is 15.1. The van der Waals surface area contributed by atoms with Gasteiger partial charge in [0.05, 0.1) is 19.2 Å². The van der Waals surface area contributed by atoms with Crippen LogP contribution in [0.1, 0.15) is 11.1 Å². The minimum absolute atomic E-state index is 0.104. The maximum Gasteiger partial charge on any atom is 0.249 e. The Balaban J connectivity index is 1.66. The number of amides is 1. The number of hydrogen-bond donors (Lipinski definition) is 1. The first-order chi connectivity index (χ1) is 13.9. The summed E-state index contributed by atoms with van der Waals surface area (Å²) < 4.78 is 60.1. The van der Waals surface area contributed by atoms with Crippen molar-refractivity contribution in [2.24, 2.45) is 0 Å². The molecule has 0 saturated heterocycles. The number of hydrogen-bond acceptors (Lipinski definition) is 3. The summed E-state index contributed by atoms with van der Waals surface area (Å²) in [4.78, 5) is 12.0. The van der Waals surface area contributed by atoms with Crippen molar-refractivity contribution in [3.05, 3.63) is 83.1 Å². The number of carbonyl (C=O) groups is 1. The zero-order chi connectivity index (χ0) is 21.0. The molecular weight excluding hydrogens is 390 g/mol. The van der Waals surface area contributed by atoms with Gasteiger partial charge in [0, 0.05) is 24.4 Å². The second kappa shape index (κ2) is 8.59. The van der Waals surface area contributed by atoms with Gasteiger partial charge in [0.15, 0.2) is 29.1 Å². The Morgan fingerprint density at radius 3 is 2.38 bits per heavy atom. The summed E-state index contributed by atoms with van der Waals surface area (Å²) in [6, 6.07) is 8.53. The second-order valence-electron chi connectivity index (χ2n) is 5.94. The lowest BCUT2D eigenvalue weighted by Crippen LogP contribution is -2.11. The van der Waals surface area contributed by atoms with Crippen LogP contribution < -0.4 is 10.1 Å². The number of nitrogens with one attached hydrogen (secondary N) is 1. The largest absolute Gasteiger partial charge is 0.497 e. The second-order valence-corrected chi connectivity index (χ2v) is 5.94. The highest BCUT2D eigenvalue weighted by molar-refractivity contribution is 6.01. The van der Waals surface area contributed by atoms with Crippen LogP contribution in [-0.4, -0.2) is 22.8 Å². The highest BCUT2D eigenvalue weighted by atomic mass is 19.2. The van der Waals surface area contributed by atoms with Crippen molar-refractivity contribution in [3.8, 4) is 5.75 Å². The first kappa shape index (κ1) is 20.1. The molecule has 0 unspecified atom stereocenters. The number of aromatic nitrogens is 2. The summed E-state index contributed by atoms with van der Waals surface area (Å²) in [6.45, 7) is -0.552. The smallest absolute Gasteiger partial charge is 0.249 e. The first-order valence-electron chi connectivity index (χ1n) is 8.36. The molecular formula is C20H15F4N3O2. The number of methoxy groups -OCH3 is 1. The fourth-order valence-corrected chi connectivity index (χ4v) is 2.49. The molecule has 0 aliphatic rings. The average Bonchev–Trinajstić information content (AvgIpc) is 3.15. The molecule has 0 spiro atoms. The Kier molecular flexibility index (Phi) is 5.96. The Labute approximate surface area is 163 Å². The Morgan fingerprint density at radius 1 is 1.10 bits per heavy atom. The average molecular weight is 405 g/mol. The molecule has 150 valence electrons. The fraction of sp³-hybridized carbons (Fsp3) is 0.100. The lowest BCUT2D eigenvalue weighted by molar-refractivity contribution is -0.111. The highest BCUT2D eigenvalue weighted by Gasteiger charge is 2.19. The van der Waals surface area contributed by atoms with Crippen molar-refractivity contribution in [3.63, 3.8) is 0 Å². The van der Waals surface area contributed by atoms with Gasteiger partial charge in [0.1, 0.15) is 5.75 Å². The molecule has 0 radical (unpaired) electrons. The van der Waals surface area contributed by atoms with E-state index in [9.17, 15) is 22.4 Å². The summed E-state index contributed by atoms with van der Waals surface area (Å²) >= 11 is 0. The topological polar surface area (TPSA) is 56.1 Å². The molecule has 29 heavy (non-hydrogen) atoms. The first-order valence-corrected chi connectivity index (χ1v) is 8.36. The van der Waals surface area contributed by atoms with E-state index in [1.807, 2.05) is 0 Å². The standard InChI is InChI=1S/C20H15F4N3O2/c1-29-13-5-2-12(3-6-13)4-7-18(28)25-17-8-9-27(26-17)11-14-19(23)15(21)10-16(22)20(14)24/h2-10H,11H2,1H3,(H,25,26,28)/b7-4+. The van der Waals surface area contributed by atoms with Crippen molar-refractivity contribution < 1.29 is 27.1 Å². The van der Waals surface area contributed by atoms with E-state index in [4.69, 9.17) is 4.74 Å². The molecule has 0 atom stereocenters. The minimum Gasteiger partial charge on any atom is -0.497 e. The van der Waals surface area contributed by atoms with Crippen molar-refractivity contribution >= 4 is 17.8 Å². The van der Waals surface area contributed by atoms with Gasteiger partial charge in [-0.05, 0) is 23.8 Å². The minimum atomic E-state index is -1.50. The Hall–Kier alpha value is -3.62. The van der Waals surface area contributed by atoms with Crippen LogP contribution in [0.4, 0.5) is 23.4 Å². The van der Waals surface area contributed by atoms with Crippen LogP contribution in [0.15, 0.2) is 48.7 Å². The molecule has 3 rings (SSSR count). The lowest BCUT2D eigenvalue weighted by atomic mass is 10.2. The fourth-order valence-electron chi connectivity index (χ4n) is 2.49. The van der Waals surface area contributed by atoms with Gasteiger partial charge in [-0.2, -0.15) is 5.10 Å².